The minimum Gasteiger partial charge on any atom is -0.320 e. The molecule has 3 nitrogen and oxygen atoms in total. The van der Waals surface area contributed by atoms with E-state index in [1.54, 1.807) is 23.7 Å². The van der Waals surface area contributed by atoms with E-state index in [1.165, 1.54) is 0 Å². The van der Waals surface area contributed by atoms with Crippen LogP contribution in [-0.4, -0.2) is 10.2 Å². The lowest BCUT2D eigenvalue weighted by Gasteiger charge is -2.08. The molecule has 0 aliphatic carbocycles. The summed E-state index contributed by atoms with van der Waals surface area (Å²) in [6.07, 6.45) is 3.35. The summed E-state index contributed by atoms with van der Waals surface area (Å²) in [5.74, 6) is 0. The first kappa shape index (κ1) is 8.34. The summed E-state index contributed by atoms with van der Waals surface area (Å²) in [4.78, 5) is 0. The first-order valence-electron chi connectivity index (χ1n) is 3.92. The van der Waals surface area contributed by atoms with Crippen LogP contribution in [-0.2, 0) is 0 Å². The van der Waals surface area contributed by atoms with E-state index < -0.39 is 0 Å². The summed E-state index contributed by atoms with van der Waals surface area (Å²) in [6, 6.07) is 3.83. The van der Waals surface area contributed by atoms with E-state index in [4.69, 9.17) is 5.73 Å². The molecule has 1 unspecified atom stereocenters. The molecule has 2 heterocycles. The van der Waals surface area contributed by atoms with Gasteiger partial charge in [-0.3, -0.25) is 0 Å². The highest BCUT2D eigenvalue weighted by atomic mass is 32.1. The van der Waals surface area contributed by atoms with Gasteiger partial charge in [-0.1, -0.05) is 0 Å². The van der Waals surface area contributed by atoms with Gasteiger partial charge in [0.1, 0.15) is 0 Å². The number of nitrogens with two attached hydrogens (primary N) is 1. The molecule has 2 N–H and O–H groups in total. The van der Waals surface area contributed by atoms with Crippen LogP contribution in [0.15, 0.2) is 35.3 Å². The number of rotatable bonds is 2. The van der Waals surface area contributed by atoms with E-state index in [1.807, 2.05) is 22.9 Å². The summed E-state index contributed by atoms with van der Waals surface area (Å²) >= 11 is 1.65. The molecular weight excluding hydrogens is 182 g/mol. The molecule has 2 rings (SSSR count). The lowest BCUT2D eigenvalue weighted by Crippen LogP contribution is -2.11. The van der Waals surface area contributed by atoms with Crippen molar-refractivity contribution in [2.24, 2.45) is 5.73 Å². The molecule has 0 amide bonds. The molecule has 0 aliphatic heterocycles. The molecule has 0 fully saturated rings. The van der Waals surface area contributed by atoms with Crippen molar-refractivity contribution in [3.05, 3.63) is 46.4 Å². The van der Waals surface area contributed by atoms with E-state index in [0.29, 0.717) is 0 Å². The second-order valence-electron chi connectivity index (χ2n) is 2.71. The molecule has 4 heteroatoms. The fraction of sp³-hybridized carbons (Fsp3) is 0.111. The van der Waals surface area contributed by atoms with Crippen molar-refractivity contribution in [2.75, 3.05) is 0 Å². The predicted molar refractivity (Wildman–Crippen MR) is 52.4 cm³/mol. The maximum atomic E-state index is 6.00. The predicted octanol–water partition coefficient (Wildman–Crippen LogP) is 1.59. The summed E-state index contributed by atoms with van der Waals surface area (Å²) in [5, 5.41) is 11.6. The van der Waals surface area contributed by atoms with Gasteiger partial charge in [-0.15, -0.1) is 0 Å². The van der Waals surface area contributed by atoms with Gasteiger partial charge in [0.25, 0.3) is 0 Å². The number of nitrogens with zero attached hydrogens (tertiary/aromatic N) is 2. The zero-order chi connectivity index (χ0) is 9.10. The Hall–Kier alpha value is -1.26. The highest BCUT2D eigenvalue weighted by molar-refractivity contribution is 7.07. The van der Waals surface area contributed by atoms with Crippen LogP contribution < -0.4 is 5.73 Å². The molecule has 2 aromatic rings. The number of hydrogen-bond donors (Lipinski definition) is 1. The third-order valence-corrected chi connectivity index (χ3v) is 2.57. The van der Waals surface area contributed by atoms with E-state index in [9.17, 15) is 0 Å². The Kier molecular flexibility index (Phi) is 2.33. The van der Waals surface area contributed by atoms with Gasteiger partial charge < -0.3 is 5.73 Å². The van der Waals surface area contributed by atoms with Gasteiger partial charge in [0.2, 0.25) is 0 Å². The normalized spacial score (nSPS) is 12.7. The zero-order valence-corrected chi connectivity index (χ0v) is 7.74. The topological polar surface area (TPSA) is 51.8 Å². The average molecular weight is 191 g/mol. The summed E-state index contributed by atoms with van der Waals surface area (Å²) < 4.78 is 0. The van der Waals surface area contributed by atoms with Crippen LogP contribution in [0.2, 0.25) is 0 Å². The Morgan fingerprint density at radius 3 is 2.77 bits per heavy atom. The van der Waals surface area contributed by atoms with Gasteiger partial charge in [0.15, 0.2) is 0 Å². The number of hydrogen-bond acceptors (Lipinski definition) is 4. The third kappa shape index (κ3) is 1.74. The molecule has 2 aromatic heterocycles. The first-order chi connectivity index (χ1) is 6.38. The van der Waals surface area contributed by atoms with Crippen LogP contribution >= 0.6 is 11.3 Å². The molecule has 0 saturated heterocycles. The van der Waals surface area contributed by atoms with Gasteiger partial charge in [0, 0.05) is 6.20 Å². The third-order valence-electron chi connectivity index (χ3n) is 1.87. The summed E-state index contributed by atoms with van der Waals surface area (Å²) in [5.41, 5.74) is 8.12. The molecule has 0 aliphatic rings. The van der Waals surface area contributed by atoms with Crippen LogP contribution in [0.5, 0.6) is 0 Å². The minimum atomic E-state index is -0.0817. The summed E-state index contributed by atoms with van der Waals surface area (Å²) in [7, 11) is 0. The highest BCUT2D eigenvalue weighted by Gasteiger charge is 2.08. The first-order valence-corrected chi connectivity index (χ1v) is 4.86. The maximum absolute atomic E-state index is 6.00. The van der Waals surface area contributed by atoms with Gasteiger partial charge >= 0.3 is 0 Å². The fourth-order valence-electron chi connectivity index (χ4n) is 1.13. The van der Waals surface area contributed by atoms with Crippen molar-refractivity contribution >= 4 is 11.3 Å². The molecule has 13 heavy (non-hydrogen) atoms. The SMILES string of the molecule is NC(c1ccnnc1)c1ccsc1. The molecule has 1 atom stereocenters. The average Bonchev–Trinajstić information content (AvgIpc) is 2.71. The van der Waals surface area contributed by atoms with Crippen LogP contribution in [0, 0.1) is 0 Å². The number of thiophene rings is 1. The van der Waals surface area contributed by atoms with Crippen LogP contribution in [0.25, 0.3) is 0 Å². The molecular formula is C9H9N3S. The zero-order valence-electron chi connectivity index (χ0n) is 6.92. The highest BCUT2D eigenvalue weighted by Crippen LogP contribution is 2.20. The van der Waals surface area contributed by atoms with E-state index in [0.717, 1.165) is 11.1 Å². The summed E-state index contributed by atoms with van der Waals surface area (Å²) in [6.45, 7) is 0. The Morgan fingerprint density at radius 2 is 2.15 bits per heavy atom. The van der Waals surface area contributed by atoms with Crippen LogP contribution in [0.3, 0.4) is 0 Å². The van der Waals surface area contributed by atoms with Crippen molar-refractivity contribution in [3.8, 4) is 0 Å². The largest absolute Gasteiger partial charge is 0.320 e. The van der Waals surface area contributed by atoms with Gasteiger partial charge in [0.05, 0.1) is 12.2 Å². The standard InChI is InChI=1S/C9H9N3S/c10-9(8-2-4-13-6-8)7-1-3-11-12-5-7/h1-6,9H,10H2. The van der Waals surface area contributed by atoms with Crippen molar-refractivity contribution in [2.45, 2.75) is 6.04 Å². The molecule has 0 radical (unpaired) electrons. The van der Waals surface area contributed by atoms with E-state index in [-0.39, 0.29) is 6.04 Å². The van der Waals surface area contributed by atoms with Crippen molar-refractivity contribution in [1.82, 2.24) is 10.2 Å². The van der Waals surface area contributed by atoms with Gasteiger partial charge in [-0.25, -0.2) is 0 Å². The smallest absolute Gasteiger partial charge is 0.0576 e. The quantitative estimate of drug-likeness (QED) is 0.784. The molecule has 0 spiro atoms. The Bertz CT molecular complexity index is 358. The van der Waals surface area contributed by atoms with Crippen molar-refractivity contribution < 1.29 is 0 Å². The molecule has 0 saturated carbocycles. The van der Waals surface area contributed by atoms with E-state index in [2.05, 4.69) is 10.2 Å². The van der Waals surface area contributed by atoms with Crippen molar-refractivity contribution in [3.63, 3.8) is 0 Å². The van der Waals surface area contributed by atoms with Crippen LogP contribution in [0.4, 0.5) is 0 Å². The van der Waals surface area contributed by atoms with E-state index >= 15 is 0 Å². The maximum Gasteiger partial charge on any atom is 0.0576 e. The molecule has 0 bridgehead atoms. The molecule has 66 valence electrons. The number of aromatic nitrogens is 2. The Balaban J connectivity index is 2.29. The second kappa shape index (κ2) is 3.64. The Labute approximate surface area is 80.2 Å². The monoisotopic (exact) mass is 191 g/mol. The Morgan fingerprint density at radius 1 is 1.23 bits per heavy atom. The fourth-order valence-corrected chi connectivity index (χ4v) is 1.83. The lowest BCUT2D eigenvalue weighted by atomic mass is 10.1. The van der Waals surface area contributed by atoms with Crippen LogP contribution in [0.1, 0.15) is 17.2 Å². The van der Waals surface area contributed by atoms with Gasteiger partial charge in [-0.05, 0) is 34.0 Å². The second-order valence-corrected chi connectivity index (χ2v) is 3.49. The molecule has 0 aromatic carbocycles. The van der Waals surface area contributed by atoms with Gasteiger partial charge in [-0.2, -0.15) is 21.5 Å². The lowest BCUT2D eigenvalue weighted by molar-refractivity contribution is 0.850. The van der Waals surface area contributed by atoms with Crippen molar-refractivity contribution in [1.29, 1.82) is 0 Å². The minimum absolute atomic E-state index is 0.0817.